The minimum absolute atomic E-state index is 0.0000709. The molecule has 2 fully saturated rings. The van der Waals surface area contributed by atoms with Crippen molar-refractivity contribution in [3.8, 4) is 0 Å². The minimum Gasteiger partial charge on any atom is -0.469 e. The Morgan fingerprint density at radius 1 is 1.40 bits per heavy atom. The predicted octanol–water partition coefficient (Wildman–Crippen LogP) is 1.81. The summed E-state index contributed by atoms with van der Waals surface area (Å²) in [6.07, 6.45) is 7.14. The van der Waals surface area contributed by atoms with E-state index < -0.39 is 0 Å². The predicted molar refractivity (Wildman–Crippen MR) is 58.6 cm³/mol. The molecule has 0 heterocycles. The van der Waals surface area contributed by atoms with Crippen LogP contribution in [0.15, 0.2) is 0 Å². The average Bonchev–Trinajstić information content (AvgIpc) is 2.07. The van der Waals surface area contributed by atoms with E-state index >= 15 is 0 Å². The summed E-state index contributed by atoms with van der Waals surface area (Å²) in [4.78, 5) is 14.1. The quantitative estimate of drug-likeness (QED) is 0.664. The van der Waals surface area contributed by atoms with Crippen molar-refractivity contribution in [2.75, 3.05) is 20.7 Å². The highest BCUT2D eigenvalue weighted by Gasteiger charge is 2.46. The second-order valence-corrected chi connectivity index (χ2v) is 5.13. The molecule has 86 valence electrons. The van der Waals surface area contributed by atoms with Gasteiger partial charge in [-0.2, -0.15) is 0 Å². The molecule has 2 rings (SSSR count). The Morgan fingerprint density at radius 3 is 2.40 bits per heavy atom. The molecule has 0 bridgehead atoms. The largest absolute Gasteiger partial charge is 0.469 e. The number of ether oxygens (including phenoxy) is 1. The summed E-state index contributed by atoms with van der Waals surface area (Å²) in [7, 11) is 3.65. The van der Waals surface area contributed by atoms with Crippen molar-refractivity contribution in [1.82, 2.24) is 4.90 Å². The van der Waals surface area contributed by atoms with Gasteiger partial charge in [0.25, 0.3) is 0 Å². The second kappa shape index (κ2) is 4.12. The number of hydrogen-bond acceptors (Lipinski definition) is 3. The Labute approximate surface area is 91.8 Å². The first kappa shape index (κ1) is 10.9. The molecular weight excluding hydrogens is 190 g/mol. The number of methoxy groups -OCH3 is 1. The maximum absolute atomic E-state index is 11.7. The van der Waals surface area contributed by atoms with Crippen LogP contribution in [-0.2, 0) is 9.53 Å². The van der Waals surface area contributed by atoms with Crippen molar-refractivity contribution in [3.05, 3.63) is 0 Å². The van der Waals surface area contributed by atoms with Gasteiger partial charge >= 0.3 is 5.97 Å². The number of nitrogens with zero attached hydrogens (tertiary/aromatic N) is 1. The number of esters is 1. The van der Waals surface area contributed by atoms with Gasteiger partial charge in [0.1, 0.15) is 0 Å². The molecule has 2 aliphatic rings. The van der Waals surface area contributed by atoms with E-state index in [0.29, 0.717) is 6.04 Å². The fraction of sp³-hybridized carbons (Fsp3) is 0.917. The fourth-order valence-corrected chi connectivity index (χ4v) is 2.68. The van der Waals surface area contributed by atoms with Gasteiger partial charge in [-0.3, -0.25) is 4.79 Å². The lowest BCUT2D eigenvalue weighted by molar-refractivity contribution is -0.160. The number of hydrogen-bond donors (Lipinski definition) is 0. The summed E-state index contributed by atoms with van der Waals surface area (Å²) in [5, 5.41) is 0. The third kappa shape index (κ3) is 1.89. The van der Waals surface area contributed by atoms with E-state index in [2.05, 4.69) is 11.9 Å². The summed E-state index contributed by atoms with van der Waals surface area (Å²) in [5.74, 6) is -0.0000709. The average molecular weight is 211 g/mol. The van der Waals surface area contributed by atoms with Gasteiger partial charge in [-0.1, -0.05) is 12.8 Å². The first-order valence-electron chi connectivity index (χ1n) is 5.97. The molecule has 0 amide bonds. The molecule has 15 heavy (non-hydrogen) atoms. The normalized spacial score (nSPS) is 24.5. The van der Waals surface area contributed by atoms with Crippen LogP contribution in [0.25, 0.3) is 0 Å². The van der Waals surface area contributed by atoms with Crippen LogP contribution in [0.3, 0.4) is 0 Å². The molecule has 0 aromatic heterocycles. The lowest BCUT2D eigenvalue weighted by atomic mass is 9.68. The lowest BCUT2D eigenvalue weighted by Gasteiger charge is -2.45. The van der Waals surface area contributed by atoms with Crippen LogP contribution in [0, 0.1) is 5.41 Å². The first-order chi connectivity index (χ1) is 7.18. The van der Waals surface area contributed by atoms with E-state index in [4.69, 9.17) is 4.74 Å². The number of carbonyl (C=O) groups is 1. The van der Waals surface area contributed by atoms with Crippen molar-refractivity contribution in [1.29, 1.82) is 0 Å². The summed E-state index contributed by atoms with van der Waals surface area (Å²) in [5.41, 5.74) is -0.168. The fourth-order valence-electron chi connectivity index (χ4n) is 2.68. The maximum atomic E-state index is 11.7. The van der Waals surface area contributed by atoms with E-state index in [1.807, 2.05) is 0 Å². The number of carbonyl (C=O) groups excluding carboxylic acids is 1. The Hall–Kier alpha value is -0.570. The second-order valence-electron chi connectivity index (χ2n) is 5.13. The van der Waals surface area contributed by atoms with Crippen molar-refractivity contribution in [2.24, 2.45) is 5.41 Å². The highest BCUT2D eigenvalue weighted by atomic mass is 16.5. The number of rotatable bonds is 4. The molecule has 3 nitrogen and oxygen atoms in total. The van der Waals surface area contributed by atoms with Crippen LogP contribution in [-0.4, -0.2) is 37.6 Å². The zero-order valence-corrected chi connectivity index (χ0v) is 9.79. The Morgan fingerprint density at radius 2 is 2.07 bits per heavy atom. The third-order valence-corrected chi connectivity index (χ3v) is 4.18. The molecule has 0 unspecified atom stereocenters. The van der Waals surface area contributed by atoms with Crippen LogP contribution in [0.5, 0.6) is 0 Å². The van der Waals surface area contributed by atoms with E-state index in [9.17, 15) is 4.79 Å². The molecule has 0 radical (unpaired) electrons. The molecule has 0 N–H and O–H groups in total. The molecule has 0 aromatic carbocycles. The van der Waals surface area contributed by atoms with Crippen LogP contribution in [0.1, 0.15) is 38.5 Å². The van der Waals surface area contributed by atoms with Gasteiger partial charge in [0.2, 0.25) is 0 Å². The standard InChI is InChI=1S/C12H21NO2/c1-13(10-5-3-6-10)9-12(7-4-8-12)11(14)15-2/h10H,3-9H2,1-2H3. The molecule has 3 heteroatoms. The van der Waals surface area contributed by atoms with Gasteiger partial charge in [-0.05, 0) is 32.7 Å². The highest BCUT2D eigenvalue weighted by Crippen LogP contribution is 2.43. The van der Waals surface area contributed by atoms with Crippen molar-refractivity contribution >= 4 is 5.97 Å². The van der Waals surface area contributed by atoms with Gasteiger partial charge in [0, 0.05) is 12.6 Å². The van der Waals surface area contributed by atoms with Gasteiger partial charge in [0.05, 0.1) is 12.5 Å². The molecule has 0 aliphatic heterocycles. The monoisotopic (exact) mass is 211 g/mol. The van der Waals surface area contributed by atoms with E-state index in [1.165, 1.54) is 32.8 Å². The molecule has 0 atom stereocenters. The molecule has 0 saturated heterocycles. The topological polar surface area (TPSA) is 29.5 Å². The van der Waals surface area contributed by atoms with E-state index in [-0.39, 0.29) is 11.4 Å². The van der Waals surface area contributed by atoms with Gasteiger partial charge in [-0.15, -0.1) is 0 Å². The SMILES string of the molecule is COC(=O)C1(CN(C)C2CCC2)CCC1. The third-order valence-electron chi connectivity index (χ3n) is 4.18. The molecule has 0 aromatic rings. The van der Waals surface area contributed by atoms with Gasteiger partial charge in [-0.25, -0.2) is 0 Å². The van der Waals surface area contributed by atoms with E-state index in [0.717, 1.165) is 19.4 Å². The molecule has 2 saturated carbocycles. The molecular formula is C12H21NO2. The Balaban J connectivity index is 1.92. The Bertz CT molecular complexity index is 244. The van der Waals surface area contributed by atoms with Crippen LogP contribution < -0.4 is 0 Å². The van der Waals surface area contributed by atoms with E-state index in [1.54, 1.807) is 0 Å². The molecule has 2 aliphatic carbocycles. The summed E-state index contributed by atoms with van der Waals surface area (Å²) in [6, 6.07) is 0.715. The smallest absolute Gasteiger partial charge is 0.313 e. The first-order valence-corrected chi connectivity index (χ1v) is 5.97. The minimum atomic E-state index is -0.168. The Kier molecular flexibility index (Phi) is 3.01. The van der Waals surface area contributed by atoms with Crippen LogP contribution in [0.2, 0.25) is 0 Å². The van der Waals surface area contributed by atoms with Crippen LogP contribution in [0.4, 0.5) is 0 Å². The maximum Gasteiger partial charge on any atom is 0.313 e. The summed E-state index contributed by atoms with van der Waals surface area (Å²) >= 11 is 0. The zero-order valence-electron chi connectivity index (χ0n) is 9.79. The van der Waals surface area contributed by atoms with Crippen molar-refractivity contribution < 1.29 is 9.53 Å². The lowest BCUT2D eigenvalue weighted by Crippen LogP contribution is -2.51. The van der Waals surface area contributed by atoms with Gasteiger partial charge < -0.3 is 9.64 Å². The summed E-state index contributed by atoms with van der Waals surface area (Å²) < 4.78 is 4.92. The van der Waals surface area contributed by atoms with Crippen molar-refractivity contribution in [2.45, 2.75) is 44.6 Å². The summed E-state index contributed by atoms with van der Waals surface area (Å²) in [6.45, 7) is 0.893. The van der Waals surface area contributed by atoms with Crippen LogP contribution >= 0.6 is 0 Å². The molecule has 0 spiro atoms. The zero-order chi connectivity index (χ0) is 10.9. The van der Waals surface area contributed by atoms with Gasteiger partial charge in [0.15, 0.2) is 0 Å². The highest BCUT2D eigenvalue weighted by molar-refractivity contribution is 5.78. The van der Waals surface area contributed by atoms with Crippen molar-refractivity contribution in [3.63, 3.8) is 0 Å².